The fraction of sp³-hybridized carbons (Fsp3) is 0.500. The molecule has 124 valence electrons. The Labute approximate surface area is 135 Å². The van der Waals surface area contributed by atoms with E-state index >= 15 is 0 Å². The molecule has 1 aromatic carbocycles. The average molecular weight is 317 g/mol. The molecule has 7 heteroatoms. The second-order valence-corrected chi connectivity index (χ2v) is 5.69. The lowest BCUT2D eigenvalue weighted by Crippen LogP contribution is -2.51. The molecule has 1 saturated heterocycles. The summed E-state index contributed by atoms with van der Waals surface area (Å²) in [7, 11) is 1.63. The Kier molecular flexibility index (Phi) is 5.09. The van der Waals surface area contributed by atoms with Crippen LogP contribution in [0.15, 0.2) is 24.3 Å². The zero-order valence-corrected chi connectivity index (χ0v) is 13.4. The summed E-state index contributed by atoms with van der Waals surface area (Å²) < 4.78 is 4.94. The molecule has 23 heavy (non-hydrogen) atoms. The number of urea groups is 1. The van der Waals surface area contributed by atoms with Gasteiger partial charge >= 0.3 is 6.03 Å². The zero-order chi connectivity index (χ0) is 16.1. The van der Waals surface area contributed by atoms with Crippen LogP contribution in [0.5, 0.6) is 0 Å². The van der Waals surface area contributed by atoms with Gasteiger partial charge < -0.3 is 19.9 Å². The number of carbonyl (C=O) groups excluding carboxylic acids is 1. The van der Waals surface area contributed by atoms with Crippen LogP contribution in [0.3, 0.4) is 0 Å². The highest BCUT2D eigenvalue weighted by Gasteiger charge is 2.21. The van der Waals surface area contributed by atoms with Gasteiger partial charge in [-0.15, -0.1) is 0 Å². The Balaban J connectivity index is 1.48. The third kappa shape index (κ3) is 4.00. The van der Waals surface area contributed by atoms with Crippen LogP contribution in [0, 0.1) is 0 Å². The number of nitrogens with zero attached hydrogens (tertiary/aromatic N) is 3. The Morgan fingerprint density at radius 3 is 2.83 bits per heavy atom. The number of nitrogens with one attached hydrogen (secondary N) is 2. The van der Waals surface area contributed by atoms with Crippen LogP contribution in [0.2, 0.25) is 0 Å². The number of aromatic amines is 1. The lowest BCUT2D eigenvalue weighted by molar-refractivity contribution is 0.131. The van der Waals surface area contributed by atoms with Crippen LogP contribution in [0.4, 0.5) is 4.79 Å². The van der Waals surface area contributed by atoms with Crippen LogP contribution in [-0.4, -0.2) is 72.2 Å². The number of para-hydroxylation sites is 2. The summed E-state index contributed by atoms with van der Waals surface area (Å²) in [5.74, 6) is 0.976. The van der Waals surface area contributed by atoms with Gasteiger partial charge in [-0.2, -0.15) is 0 Å². The maximum absolute atomic E-state index is 12.0. The number of rotatable bonds is 5. The lowest BCUT2D eigenvalue weighted by atomic mass is 10.3. The number of piperazine rings is 1. The Bertz CT molecular complexity index is 616. The first kappa shape index (κ1) is 15.8. The van der Waals surface area contributed by atoms with Crippen molar-refractivity contribution in [2.24, 2.45) is 0 Å². The van der Waals surface area contributed by atoms with E-state index in [1.165, 1.54) is 0 Å². The topological polar surface area (TPSA) is 73.5 Å². The second-order valence-electron chi connectivity index (χ2n) is 5.69. The number of hydrogen-bond acceptors (Lipinski definition) is 4. The molecule has 1 aromatic heterocycles. The first-order valence-corrected chi connectivity index (χ1v) is 7.94. The average Bonchev–Trinajstić information content (AvgIpc) is 2.98. The number of ether oxygens (including phenoxy) is 1. The number of carbonyl (C=O) groups is 1. The normalized spacial score (nSPS) is 16.0. The highest BCUT2D eigenvalue weighted by Crippen LogP contribution is 2.12. The van der Waals surface area contributed by atoms with Gasteiger partial charge in [-0.1, -0.05) is 12.1 Å². The van der Waals surface area contributed by atoms with Gasteiger partial charge in [0, 0.05) is 39.8 Å². The van der Waals surface area contributed by atoms with Crippen molar-refractivity contribution >= 4 is 17.1 Å². The Morgan fingerprint density at radius 2 is 2.09 bits per heavy atom. The van der Waals surface area contributed by atoms with Gasteiger partial charge in [0.05, 0.1) is 24.2 Å². The maximum atomic E-state index is 12.0. The van der Waals surface area contributed by atoms with Crippen molar-refractivity contribution in [2.45, 2.75) is 6.54 Å². The molecule has 0 radical (unpaired) electrons. The third-order valence-electron chi connectivity index (χ3n) is 4.05. The molecule has 1 aliphatic rings. The van der Waals surface area contributed by atoms with Crippen molar-refractivity contribution in [3.63, 3.8) is 0 Å². The quantitative estimate of drug-likeness (QED) is 0.808. The molecule has 2 N–H and O–H groups in total. The molecule has 0 saturated carbocycles. The van der Waals surface area contributed by atoms with E-state index in [0.717, 1.165) is 49.6 Å². The third-order valence-corrected chi connectivity index (χ3v) is 4.05. The number of benzene rings is 1. The summed E-state index contributed by atoms with van der Waals surface area (Å²) in [6.45, 7) is 5.06. The van der Waals surface area contributed by atoms with Gasteiger partial charge in [0.25, 0.3) is 0 Å². The number of H-pyrrole nitrogens is 1. The van der Waals surface area contributed by atoms with Crippen molar-refractivity contribution in [3.05, 3.63) is 30.1 Å². The van der Waals surface area contributed by atoms with E-state index in [1.54, 1.807) is 7.11 Å². The van der Waals surface area contributed by atoms with E-state index < -0.39 is 0 Å². The first-order valence-electron chi connectivity index (χ1n) is 7.94. The molecule has 0 spiro atoms. The molecule has 0 aliphatic carbocycles. The Hall–Kier alpha value is -2.12. The van der Waals surface area contributed by atoms with Crippen molar-refractivity contribution in [1.82, 2.24) is 25.1 Å². The summed E-state index contributed by atoms with van der Waals surface area (Å²) >= 11 is 0. The molecule has 1 fully saturated rings. The van der Waals surface area contributed by atoms with Gasteiger partial charge in [-0.05, 0) is 12.1 Å². The van der Waals surface area contributed by atoms with E-state index in [9.17, 15) is 4.79 Å². The first-order chi connectivity index (χ1) is 11.3. The Morgan fingerprint density at radius 1 is 1.30 bits per heavy atom. The fourth-order valence-electron chi connectivity index (χ4n) is 2.77. The highest BCUT2D eigenvalue weighted by atomic mass is 16.5. The predicted molar refractivity (Wildman–Crippen MR) is 88.2 cm³/mol. The molecule has 2 heterocycles. The molecule has 0 bridgehead atoms. The molecular weight excluding hydrogens is 294 g/mol. The highest BCUT2D eigenvalue weighted by molar-refractivity contribution is 5.75. The monoisotopic (exact) mass is 317 g/mol. The smallest absolute Gasteiger partial charge is 0.317 e. The molecule has 0 atom stereocenters. The molecule has 1 aliphatic heterocycles. The minimum atomic E-state index is -0.00885. The molecular formula is C16H23N5O2. The van der Waals surface area contributed by atoms with Gasteiger partial charge in [-0.3, -0.25) is 4.90 Å². The standard InChI is InChI=1S/C16H23N5O2/c1-23-11-6-17-16(22)21-9-7-20(8-10-21)12-15-18-13-4-2-3-5-14(13)19-15/h2-5H,6-12H2,1H3,(H,17,22)(H,18,19). The number of fused-ring (bicyclic) bond motifs is 1. The number of methoxy groups -OCH3 is 1. The molecule has 0 unspecified atom stereocenters. The van der Waals surface area contributed by atoms with Gasteiger partial charge in [0.15, 0.2) is 0 Å². The summed E-state index contributed by atoms with van der Waals surface area (Å²) in [5, 5.41) is 2.86. The van der Waals surface area contributed by atoms with Crippen LogP contribution in [-0.2, 0) is 11.3 Å². The van der Waals surface area contributed by atoms with Gasteiger partial charge in [0.2, 0.25) is 0 Å². The fourth-order valence-corrected chi connectivity index (χ4v) is 2.77. The van der Waals surface area contributed by atoms with Crippen molar-refractivity contribution in [3.8, 4) is 0 Å². The summed E-state index contributed by atoms with van der Waals surface area (Å²) in [6.07, 6.45) is 0. The van der Waals surface area contributed by atoms with Crippen LogP contribution >= 0.6 is 0 Å². The number of amides is 2. The van der Waals surface area contributed by atoms with Crippen molar-refractivity contribution < 1.29 is 9.53 Å². The molecule has 2 amide bonds. The molecule has 3 rings (SSSR count). The van der Waals surface area contributed by atoms with E-state index in [2.05, 4.69) is 20.2 Å². The maximum Gasteiger partial charge on any atom is 0.317 e. The van der Waals surface area contributed by atoms with E-state index in [4.69, 9.17) is 4.74 Å². The minimum absolute atomic E-state index is 0.00885. The molecule has 2 aromatic rings. The SMILES string of the molecule is COCCNC(=O)N1CCN(Cc2nc3ccccc3[nH]2)CC1. The van der Waals surface area contributed by atoms with Crippen molar-refractivity contribution in [1.29, 1.82) is 0 Å². The minimum Gasteiger partial charge on any atom is -0.383 e. The lowest BCUT2D eigenvalue weighted by Gasteiger charge is -2.34. The zero-order valence-electron chi connectivity index (χ0n) is 13.4. The van der Waals surface area contributed by atoms with E-state index in [1.807, 2.05) is 29.2 Å². The van der Waals surface area contributed by atoms with Crippen LogP contribution in [0.1, 0.15) is 5.82 Å². The van der Waals surface area contributed by atoms with Crippen LogP contribution in [0.25, 0.3) is 11.0 Å². The van der Waals surface area contributed by atoms with Crippen molar-refractivity contribution in [2.75, 3.05) is 46.4 Å². The van der Waals surface area contributed by atoms with Gasteiger partial charge in [-0.25, -0.2) is 9.78 Å². The van der Waals surface area contributed by atoms with E-state index in [0.29, 0.717) is 13.2 Å². The molecule has 7 nitrogen and oxygen atoms in total. The number of imidazole rings is 1. The van der Waals surface area contributed by atoms with E-state index in [-0.39, 0.29) is 6.03 Å². The summed E-state index contributed by atoms with van der Waals surface area (Å²) in [4.78, 5) is 24.1. The second kappa shape index (κ2) is 7.43. The largest absolute Gasteiger partial charge is 0.383 e. The number of hydrogen-bond donors (Lipinski definition) is 2. The summed E-state index contributed by atoms with van der Waals surface area (Å²) in [6, 6.07) is 8.04. The predicted octanol–water partition coefficient (Wildman–Crippen LogP) is 1.04. The number of aromatic nitrogens is 2. The summed E-state index contributed by atoms with van der Waals surface area (Å²) in [5.41, 5.74) is 2.07. The van der Waals surface area contributed by atoms with Gasteiger partial charge in [0.1, 0.15) is 5.82 Å². The van der Waals surface area contributed by atoms with Crippen LogP contribution < -0.4 is 5.32 Å².